The van der Waals surface area contributed by atoms with Gasteiger partial charge in [-0.3, -0.25) is 14.2 Å². The van der Waals surface area contributed by atoms with E-state index in [-0.39, 0.29) is 21.3 Å². The molecule has 0 radical (unpaired) electrons. The fourth-order valence-corrected chi connectivity index (χ4v) is 4.73. The van der Waals surface area contributed by atoms with E-state index in [9.17, 15) is 29.1 Å². The first-order valence-corrected chi connectivity index (χ1v) is 13.1. The summed E-state index contributed by atoms with van der Waals surface area (Å²) >= 11 is 0. The molecule has 0 spiro atoms. The van der Waals surface area contributed by atoms with Crippen molar-refractivity contribution in [3.63, 3.8) is 0 Å². The number of esters is 2. The van der Waals surface area contributed by atoms with Crippen LogP contribution in [0.15, 0.2) is 113 Å². The molecule has 11 nitrogen and oxygen atoms in total. The zero-order chi connectivity index (χ0) is 31.5. The van der Waals surface area contributed by atoms with Crippen molar-refractivity contribution in [2.45, 2.75) is 23.8 Å². The van der Waals surface area contributed by atoms with Gasteiger partial charge in [0.2, 0.25) is 6.10 Å². The predicted molar refractivity (Wildman–Crippen MR) is 151 cm³/mol. The van der Waals surface area contributed by atoms with E-state index in [4.69, 9.17) is 20.6 Å². The van der Waals surface area contributed by atoms with Gasteiger partial charge >= 0.3 is 17.6 Å². The molecule has 1 aliphatic heterocycles. The summed E-state index contributed by atoms with van der Waals surface area (Å²) in [5.41, 5.74) is -5.27. The van der Waals surface area contributed by atoms with Crippen LogP contribution in [0.4, 0.5) is 4.39 Å². The number of alkyl halides is 1. The average Bonchev–Trinajstić information content (AvgIpc) is 3.29. The van der Waals surface area contributed by atoms with Gasteiger partial charge in [-0.25, -0.2) is 18.8 Å². The van der Waals surface area contributed by atoms with Crippen LogP contribution < -0.4 is 11.2 Å². The van der Waals surface area contributed by atoms with E-state index in [1.54, 1.807) is 18.2 Å². The number of rotatable bonds is 7. The van der Waals surface area contributed by atoms with Gasteiger partial charge in [-0.2, -0.15) is 4.57 Å². The normalized spacial score (nSPS) is 22.5. The number of hydrogen-bond acceptors (Lipinski definition) is 9. The lowest BCUT2D eigenvalue weighted by molar-refractivity contribution is -0.207. The Bertz CT molecular complexity index is 1870. The molecule has 222 valence electrons. The first-order valence-electron chi connectivity index (χ1n) is 13.1. The molecule has 1 aliphatic rings. The molecule has 0 unspecified atom stereocenters. The lowest BCUT2D eigenvalue weighted by Gasteiger charge is -2.34. The lowest BCUT2D eigenvalue weighted by atomic mass is 9.92. The molecule has 1 fully saturated rings. The van der Waals surface area contributed by atoms with Crippen LogP contribution in [0.1, 0.15) is 37.3 Å². The van der Waals surface area contributed by atoms with Crippen LogP contribution in [0.3, 0.4) is 0 Å². The Balaban J connectivity index is 1.69. The SMILES string of the molecule is C#C[C@]1(OC(=O)c2ccccc2)[C@H](n2ccc(=O)n(C(=O)c3ccccc3)c2=O)O[C@](F)(CO)[C@H]1OC(=O)c1ccccc1. The summed E-state index contributed by atoms with van der Waals surface area (Å²) in [6, 6.07) is 22.9. The maximum Gasteiger partial charge on any atom is 0.340 e. The quantitative estimate of drug-likeness (QED) is 0.251. The minimum absolute atomic E-state index is 0.0274. The molecule has 5 rings (SSSR count). The third-order valence-corrected chi connectivity index (χ3v) is 6.89. The Hall–Kier alpha value is -5.64. The zero-order valence-corrected chi connectivity index (χ0v) is 22.7. The van der Waals surface area contributed by atoms with E-state index in [1.165, 1.54) is 72.8 Å². The molecule has 0 amide bonds. The van der Waals surface area contributed by atoms with Gasteiger partial charge in [0.25, 0.3) is 22.9 Å². The predicted octanol–water partition coefficient (Wildman–Crippen LogP) is 2.34. The number of benzene rings is 3. The molecular weight excluding hydrogens is 575 g/mol. The van der Waals surface area contributed by atoms with E-state index in [2.05, 4.69) is 5.92 Å². The number of carbonyl (C=O) groups is 3. The van der Waals surface area contributed by atoms with Crippen LogP contribution in [0.5, 0.6) is 0 Å². The van der Waals surface area contributed by atoms with Gasteiger partial charge in [-0.1, -0.05) is 54.6 Å². The molecule has 4 aromatic rings. The molecule has 0 bridgehead atoms. The number of ether oxygens (including phenoxy) is 3. The highest BCUT2D eigenvalue weighted by Gasteiger charge is 2.70. The van der Waals surface area contributed by atoms with E-state index >= 15 is 4.39 Å². The molecule has 4 atom stereocenters. The first kappa shape index (κ1) is 29.8. The van der Waals surface area contributed by atoms with Crippen molar-refractivity contribution < 1.29 is 38.1 Å². The van der Waals surface area contributed by atoms with Crippen molar-refractivity contribution in [1.82, 2.24) is 9.13 Å². The number of carbonyl (C=O) groups excluding carboxylic acids is 3. The molecule has 1 N–H and O–H groups in total. The molecule has 2 heterocycles. The standard InChI is InChI=1S/C32H23FN2O9/c1-2-31(43-27(40)23-16-10-5-11-17-23)28(42-26(39)22-14-8-4-9-15-22)32(33,20-36)44-29(31)34-19-18-24(37)35(30(34)41)25(38)21-12-6-3-7-13-21/h1,3-19,28-29,36H,20H2/t28-,29+,31+,32+/m0/s1. The first-order chi connectivity index (χ1) is 21.1. The van der Waals surface area contributed by atoms with Crippen molar-refractivity contribution in [2.24, 2.45) is 0 Å². The Morgan fingerprint density at radius 3 is 1.91 bits per heavy atom. The van der Waals surface area contributed by atoms with Gasteiger partial charge in [0.15, 0.2) is 6.23 Å². The van der Waals surface area contributed by atoms with Crippen LogP contribution in [0.2, 0.25) is 0 Å². The molecule has 1 aromatic heterocycles. The molecule has 0 aliphatic carbocycles. The fraction of sp³-hybridized carbons (Fsp3) is 0.156. The van der Waals surface area contributed by atoms with Gasteiger partial charge in [0.1, 0.15) is 6.61 Å². The highest BCUT2D eigenvalue weighted by Crippen LogP contribution is 2.49. The summed E-state index contributed by atoms with van der Waals surface area (Å²) in [5.74, 6) is -4.50. The Morgan fingerprint density at radius 1 is 0.864 bits per heavy atom. The highest BCUT2D eigenvalue weighted by molar-refractivity contribution is 5.95. The van der Waals surface area contributed by atoms with Gasteiger partial charge in [0, 0.05) is 17.8 Å². The van der Waals surface area contributed by atoms with Crippen molar-refractivity contribution in [2.75, 3.05) is 6.61 Å². The van der Waals surface area contributed by atoms with Crippen molar-refractivity contribution in [1.29, 1.82) is 0 Å². The smallest absolute Gasteiger partial charge is 0.340 e. The minimum Gasteiger partial charge on any atom is -0.447 e. The van der Waals surface area contributed by atoms with Gasteiger partial charge in [-0.15, -0.1) is 6.42 Å². The second-order valence-corrected chi connectivity index (χ2v) is 9.61. The van der Waals surface area contributed by atoms with E-state index in [1.807, 2.05) is 0 Å². The third kappa shape index (κ3) is 5.22. The Kier molecular flexibility index (Phi) is 8.09. The molecule has 3 aromatic carbocycles. The van der Waals surface area contributed by atoms with Crippen LogP contribution in [0.25, 0.3) is 0 Å². The summed E-state index contributed by atoms with van der Waals surface area (Å²) < 4.78 is 33.9. The molecule has 1 saturated heterocycles. The van der Waals surface area contributed by atoms with Gasteiger partial charge < -0.3 is 19.3 Å². The molecule has 12 heteroatoms. The molecule has 0 saturated carbocycles. The second kappa shape index (κ2) is 11.9. The largest absolute Gasteiger partial charge is 0.447 e. The summed E-state index contributed by atoms with van der Waals surface area (Å²) in [6.45, 7) is -1.47. The Morgan fingerprint density at radius 2 is 1.39 bits per heavy atom. The topological polar surface area (TPSA) is 143 Å². The number of hydrogen-bond donors (Lipinski definition) is 1. The zero-order valence-electron chi connectivity index (χ0n) is 22.7. The van der Waals surface area contributed by atoms with E-state index < -0.39 is 59.5 Å². The highest BCUT2D eigenvalue weighted by atomic mass is 19.2. The van der Waals surface area contributed by atoms with E-state index in [0.29, 0.717) is 4.57 Å². The van der Waals surface area contributed by atoms with Gasteiger partial charge in [0.05, 0.1) is 11.1 Å². The maximum absolute atomic E-state index is 16.5. The van der Waals surface area contributed by atoms with Crippen molar-refractivity contribution in [3.05, 3.63) is 141 Å². The number of aromatic nitrogens is 2. The summed E-state index contributed by atoms with van der Waals surface area (Å²) in [5, 5.41) is 10.1. The fourth-order valence-electron chi connectivity index (χ4n) is 4.73. The average molecular weight is 599 g/mol. The minimum atomic E-state index is -3.34. The number of aliphatic hydroxyl groups excluding tert-OH is 1. The van der Waals surface area contributed by atoms with Crippen LogP contribution >= 0.6 is 0 Å². The number of nitrogens with zero attached hydrogens (tertiary/aromatic N) is 2. The summed E-state index contributed by atoms with van der Waals surface area (Å²) in [7, 11) is 0. The van der Waals surface area contributed by atoms with Crippen molar-refractivity contribution in [3.8, 4) is 12.3 Å². The number of aliphatic hydroxyl groups is 1. The van der Waals surface area contributed by atoms with Crippen LogP contribution in [0, 0.1) is 12.3 Å². The molecular formula is C32H23FN2O9. The Labute approximate surface area is 248 Å². The summed E-state index contributed by atoms with van der Waals surface area (Å²) in [6.07, 6.45) is 2.21. The van der Waals surface area contributed by atoms with Crippen molar-refractivity contribution >= 4 is 17.8 Å². The maximum atomic E-state index is 16.5. The summed E-state index contributed by atoms with van der Waals surface area (Å²) in [4.78, 5) is 66.1. The van der Waals surface area contributed by atoms with E-state index in [0.717, 1.165) is 12.3 Å². The second-order valence-electron chi connectivity index (χ2n) is 9.61. The van der Waals surface area contributed by atoms with Crippen LogP contribution in [-0.4, -0.2) is 56.3 Å². The monoisotopic (exact) mass is 598 g/mol. The van der Waals surface area contributed by atoms with Crippen LogP contribution in [-0.2, 0) is 14.2 Å². The number of terminal acetylenes is 1. The third-order valence-electron chi connectivity index (χ3n) is 6.89. The molecule has 44 heavy (non-hydrogen) atoms. The van der Waals surface area contributed by atoms with Gasteiger partial charge in [-0.05, 0) is 42.3 Å². The number of halogens is 1. The lowest BCUT2D eigenvalue weighted by Crippen LogP contribution is -2.56.